The number of ether oxygens (including phenoxy) is 2. The van der Waals surface area contributed by atoms with Crippen LogP contribution in [0.1, 0.15) is 34.5 Å². The molecule has 2 fully saturated rings. The molecule has 5 nitrogen and oxygen atoms in total. The Balaban J connectivity index is 1.48. The standard InChI is InChI=1S/C19H21N3O2/c20-15-9-23-18(15)13-5-1-11(2-6-13)17(22)12-3-7-14(8-4-12)19-16(21)10-24-19/h1-8,15-16,18-19,22H,9-10,20-21H2. The van der Waals surface area contributed by atoms with Crippen LogP contribution in [-0.2, 0) is 9.47 Å². The van der Waals surface area contributed by atoms with Gasteiger partial charge >= 0.3 is 0 Å². The van der Waals surface area contributed by atoms with Gasteiger partial charge in [-0.2, -0.15) is 0 Å². The molecule has 2 heterocycles. The Bertz CT molecular complexity index is 679. The number of hydrogen-bond acceptors (Lipinski definition) is 5. The average Bonchev–Trinajstić information content (AvgIpc) is 2.60. The van der Waals surface area contributed by atoms with Gasteiger partial charge in [0, 0.05) is 11.1 Å². The van der Waals surface area contributed by atoms with Crippen molar-refractivity contribution >= 4 is 5.71 Å². The van der Waals surface area contributed by atoms with E-state index in [1.54, 1.807) is 0 Å². The highest BCUT2D eigenvalue weighted by molar-refractivity contribution is 6.10. The molecule has 2 saturated heterocycles. The molecular formula is C19H21N3O2. The molecule has 0 bridgehead atoms. The first kappa shape index (κ1) is 15.5. The van der Waals surface area contributed by atoms with Gasteiger partial charge < -0.3 is 20.9 Å². The number of nitrogens with two attached hydrogens (primary N) is 2. The highest BCUT2D eigenvalue weighted by atomic mass is 16.5. The summed E-state index contributed by atoms with van der Waals surface area (Å²) in [5, 5.41) is 8.41. The molecule has 2 aliphatic rings. The number of benzene rings is 2. The molecule has 24 heavy (non-hydrogen) atoms. The molecule has 0 amide bonds. The Morgan fingerprint density at radius 3 is 1.38 bits per heavy atom. The first-order chi connectivity index (χ1) is 11.6. The molecule has 4 unspecified atom stereocenters. The second-order valence-electron chi connectivity index (χ2n) is 6.45. The first-order valence-corrected chi connectivity index (χ1v) is 8.17. The summed E-state index contributed by atoms with van der Waals surface area (Å²) in [7, 11) is 0. The molecule has 2 aliphatic heterocycles. The van der Waals surface area contributed by atoms with Crippen molar-refractivity contribution < 1.29 is 9.47 Å². The summed E-state index contributed by atoms with van der Waals surface area (Å²) in [6, 6.07) is 15.9. The van der Waals surface area contributed by atoms with Gasteiger partial charge in [-0.25, -0.2) is 0 Å². The quantitative estimate of drug-likeness (QED) is 0.749. The van der Waals surface area contributed by atoms with Crippen LogP contribution in [0.15, 0.2) is 48.5 Å². The molecule has 0 spiro atoms. The van der Waals surface area contributed by atoms with Crippen molar-refractivity contribution in [3.05, 3.63) is 70.8 Å². The normalized spacial score (nSPS) is 28.8. The topological polar surface area (TPSA) is 94.3 Å². The largest absolute Gasteiger partial charge is 0.370 e. The zero-order valence-electron chi connectivity index (χ0n) is 13.3. The molecule has 4 rings (SSSR count). The first-order valence-electron chi connectivity index (χ1n) is 8.17. The van der Waals surface area contributed by atoms with Crippen LogP contribution < -0.4 is 11.5 Å². The third-order valence-corrected chi connectivity index (χ3v) is 4.77. The van der Waals surface area contributed by atoms with Gasteiger partial charge in [0.1, 0.15) is 0 Å². The van der Waals surface area contributed by atoms with Crippen molar-refractivity contribution in [3.8, 4) is 0 Å². The minimum atomic E-state index is -0.0146. The maximum Gasteiger partial charge on any atom is 0.0999 e. The summed E-state index contributed by atoms with van der Waals surface area (Å²) in [4.78, 5) is 0. The van der Waals surface area contributed by atoms with E-state index in [9.17, 15) is 0 Å². The average molecular weight is 323 g/mol. The van der Waals surface area contributed by atoms with Crippen molar-refractivity contribution in [1.29, 1.82) is 5.41 Å². The Kier molecular flexibility index (Phi) is 3.94. The minimum absolute atomic E-state index is 0.0146. The summed E-state index contributed by atoms with van der Waals surface area (Å²) < 4.78 is 10.9. The molecule has 0 aromatic heterocycles. The van der Waals surface area contributed by atoms with Crippen LogP contribution in [0.5, 0.6) is 0 Å². The Hall–Kier alpha value is -2.05. The van der Waals surface area contributed by atoms with Crippen molar-refractivity contribution in [2.24, 2.45) is 11.5 Å². The Morgan fingerprint density at radius 2 is 1.12 bits per heavy atom. The molecule has 4 atom stereocenters. The summed E-state index contributed by atoms with van der Waals surface area (Å²) in [6.45, 7) is 1.23. The molecule has 2 aromatic carbocycles. The highest BCUT2D eigenvalue weighted by Gasteiger charge is 2.30. The minimum Gasteiger partial charge on any atom is -0.370 e. The third-order valence-electron chi connectivity index (χ3n) is 4.77. The van der Waals surface area contributed by atoms with E-state index in [4.69, 9.17) is 26.4 Å². The van der Waals surface area contributed by atoms with Crippen molar-refractivity contribution in [2.45, 2.75) is 24.3 Å². The summed E-state index contributed by atoms with van der Waals surface area (Å²) in [6.07, 6.45) is -0.0293. The second-order valence-corrected chi connectivity index (χ2v) is 6.45. The van der Waals surface area contributed by atoms with Crippen LogP contribution in [0.4, 0.5) is 0 Å². The molecular weight excluding hydrogens is 302 g/mol. The van der Waals surface area contributed by atoms with Gasteiger partial charge in [0.15, 0.2) is 0 Å². The number of rotatable bonds is 4. The van der Waals surface area contributed by atoms with Crippen LogP contribution in [0.3, 0.4) is 0 Å². The Labute approximate surface area is 141 Å². The van der Waals surface area contributed by atoms with Crippen LogP contribution in [0.2, 0.25) is 0 Å². The van der Waals surface area contributed by atoms with Crippen LogP contribution in [0.25, 0.3) is 0 Å². The predicted molar refractivity (Wildman–Crippen MR) is 92.2 cm³/mol. The lowest BCUT2D eigenvalue weighted by Gasteiger charge is -2.34. The third kappa shape index (κ3) is 2.65. The molecule has 0 radical (unpaired) electrons. The smallest absolute Gasteiger partial charge is 0.0999 e. The fourth-order valence-electron chi connectivity index (χ4n) is 3.14. The van der Waals surface area contributed by atoms with Crippen molar-refractivity contribution in [3.63, 3.8) is 0 Å². The second kappa shape index (κ2) is 6.11. The Morgan fingerprint density at radius 1 is 0.750 bits per heavy atom. The molecule has 5 N–H and O–H groups in total. The van der Waals surface area contributed by atoms with Crippen LogP contribution >= 0.6 is 0 Å². The molecule has 0 saturated carbocycles. The van der Waals surface area contributed by atoms with Gasteiger partial charge in [0.05, 0.1) is 43.2 Å². The van der Waals surface area contributed by atoms with E-state index < -0.39 is 0 Å². The fourth-order valence-corrected chi connectivity index (χ4v) is 3.14. The van der Waals surface area contributed by atoms with E-state index in [-0.39, 0.29) is 24.3 Å². The van der Waals surface area contributed by atoms with Crippen LogP contribution in [-0.4, -0.2) is 31.0 Å². The molecule has 0 aliphatic carbocycles. The summed E-state index contributed by atoms with van der Waals surface area (Å²) in [5.41, 5.74) is 16.2. The van der Waals surface area contributed by atoms with E-state index in [2.05, 4.69) is 0 Å². The van der Waals surface area contributed by atoms with E-state index in [0.717, 1.165) is 22.3 Å². The van der Waals surface area contributed by atoms with Gasteiger partial charge in [0.25, 0.3) is 0 Å². The van der Waals surface area contributed by atoms with Crippen molar-refractivity contribution in [2.75, 3.05) is 13.2 Å². The fraction of sp³-hybridized carbons (Fsp3) is 0.316. The van der Waals surface area contributed by atoms with Gasteiger partial charge in [-0.05, 0) is 11.1 Å². The van der Waals surface area contributed by atoms with E-state index >= 15 is 0 Å². The van der Waals surface area contributed by atoms with Crippen LogP contribution in [0, 0.1) is 5.41 Å². The molecule has 5 heteroatoms. The van der Waals surface area contributed by atoms with Gasteiger partial charge in [-0.1, -0.05) is 48.5 Å². The van der Waals surface area contributed by atoms with Gasteiger partial charge in [0.2, 0.25) is 0 Å². The molecule has 2 aromatic rings. The lowest BCUT2D eigenvalue weighted by atomic mass is 9.94. The van der Waals surface area contributed by atoms with Crippen molar-refractivity contribution in [1.82, 2.24) is 0 Å². The molecule has 124 valence electrons. The lowest BCUT2D eigenvalue weighted by Crippen LogP contribution is -2.44. The lowest BCUT2D eigenvalue weighted by molar-refractivity contribution is -0.0752. The maximum absolute atomic E-state index is 8.41. The zero-order chi connectivity index (χ0) is 16.7. The van der Waals surface area contributed by atoms with E-state index in [1.165, 1.54) is 0 Å². The van der Waals surface area contributed by atoms with E-state index in [1.807, 2.05) is 48.5 Å². The van der Waals surface area contributed by atoms with Gasteiger partial charge in [-0.15, -0.1) is 0 Å². The monoisotopic (exact) mass is 323 g/mol. The summed E-state index contributed by atoms with van der Waals surface area (Å²) >= 11 is 0. The summed E-state index contributed by atoms with van der Waals surface area (Å²) in [5.74, 6) is 0. The predicted octanol–water partition coefficient (Wildman–Crippen LogP) is 1.90. The van der Waals surface area contributed by atoms with E-state index in [0.29, 0.717) is 18.9 Å². The number of hydrogen-bond donors (Lipinski definition) is 3. The van der Waals surface area contributed by atoms with Gasteiger partial charge in [-0.3, -0.25) is 5.41 Å². The number of nitrogens with one attached hydrogen (secondary N) is 1. The highest BCUT2D eigenvalue weighted by Crippen LogP contribution is 2.30. The zero-order valence-corrected chi connectivity index (χ0v) is 13.3. The maximum atomic E-state index is 8.41. The SMILES string of the molecule is N=C(c1ccc(C2OCC2N)cc1)c1ccc(C2OCC2N)cc1.